The van der Waals surface area contributed by atoms with Crippen molar-refractivity contribution in [2.75, 3.05) is 7.11 Å². The van der Waals surface area contributed by atoms with E-state index in [0.29, 0.717) is 16.8 Å². The summed E-state index contributed by atoms with van der Waals surface area (Å²) in [6.45, 7) is 1.53. The molecule has 152 valence electrons. The Hall–Kier alpha value is -3.56. The molecular weight excluding hydrogens is 389 g/mol. The number of oxime groups is 1. The minimum Gasteiger partial charge on any atom is -0.467 e. The number of hydrogen-bond donors (Lipinski definition) is 1. The van der Waals surface area contributed by atoms with Gasteiger partial charge in [0, 0.05) is 5.56 Å². The van der Waals surface area contributed by atoms with Crippen LogP contribution in [-0.2, 0) is 17.6 Å². The Morgan fingerprint density at radius 2 is 1.97 bits per heavy atom. The minimum absolute atomic E-state index is 0.0206. The van der Waals surface area contributed by atoms with Crippen LogP contribution in [0.1, 0.15) is 23.6 Å². The Labute approximate surface area is 163 Å². The zero-order valence-electron chi connectivity index (χ0n) is 15.5. The van der Waals surface area contributed by atoms with Crippen LogP contribution >= 0.6 is 0 Å². The largest absolute Gasteiger partial charge is 0.467 e. The van der Waals surface area contributed by atoms with Gasteiger partial charge in [-0.2, -0.15) is 13.2 Å². The molecule has 3 rings (SSSR count). The number of aromatic amines is 1. The molecule has 0 saturated heterocycles. The SMILES string of the molecule is COc1n[nH]c(=O)n1-c1ccccc1CON=C(C)c1cccc(C(F)(F)F)c1. The van der Waals surface area contributed by atoms with Crippen molar-refractivity contribution in [2.24, 2.45) is 5.16 Å². The molecule has 2 aromatic carbocycles. The number of aromatic nitrogens is 3. The van der Waals surface area contributed by atoms with E-state index in [9.17, 15) is 18.0 Å². The van der Waals surface area contributed by atoms with E-state index in [2.05, 4.69) is 15.4 Å². The number of nitrogens with zero attached hydrogens (tertiary/aromatic N) is 3. The molecule has 0 fully saturated rings. The van der Waals surface area contributed by atoms with Crippen LogP contribution in [0.4, 0.5) is 13.2 Å². The Kier molecular flexibility index (Phi) is 5.71. The normalized spacial score (nSPS) is 12.1. The lowest BCUT2D eigenvalue weighted by Gasteiger charge is -2.11. The average molecular weight is 406 g/mol. The molecule has 1 N–H and O–H groups in total. The first-order chi connectivity index (χ1) is 13.8. The van der Waals surface area contributed by atoms with E-state index < -0.39 is 17.4 Å². The Morgan fingerprint density at radius 1 is 1.21 bits per heavy atom. The molecule has 3 aromatic rings. The molecule has 0 spiro atoms. The van der Waals surface area contributed by atoms with Gasteiger partial charge in [-0.05, 0) is 30.7 Å². The second kappa shape index (κ2) is 8.21. The topological polar surface area (TPSA) is 81.5 Å². The highest BCUT2D eigenvalue weighted by Crippen LogP contribution is 2.29. The van der Waals surface area contributed by atoms with Gasteiger partial charge in [0.05, 0.1) is 24.1 Å². The van der Waals surface area contributed by atoms with E-state index in [1.54, 1.807) is 31.2 Å². The highest BCUT2D eigenvalue weighted by molar-refractivity contribution is 5.98. The molecule has 1 aromatic heterocycles. The third-order valence-corrected chi connectivity index (χ3v) is 4.09. The van der Waals surface area contributed by atoms with Crippen molar-refractivity contribution in [3.8, 4) is 11.7 Å². The minimum atomic E-state index is -4.44. The van der Waals surface area contributed by atoms with E-state index in [1.807, 2.05) is 0 Å². The predicted molar refractivity (Wildman–Crippen MR) is 99.2 cm³/mol. The molecule has 0 amide bonds. The van der Waals surface area contributed by atoms with Gasteiger partial charge in [0.15, 0.2) is 0 Å². The van der Waals surface area contributed by atoms with Crippen LogP contribution in [0.25, 0.3) is 5.69 Å². The molecule has 0 bridgehead atoms. The van der Waals surface area contributed by atoms with Gasteiger partial charge in [-0.15, -0.1) is 5.10 Å². The van der Waals surface area contributed by atoms with E-state index in [1.165, 1.54) is 23.8 Å². The van der Waals surface area contributed by atoms with Gasteiger partial charge in [-0.3, -0.25) is 0 Å². The summed E-state index contributed by atoms with van der Waals surface area (Å²) >= 11 is 0. The number of alkyl halides is 3. The zero-order chi connectivity index (χ0) is 21.0. The molecule has 0 aliphatic carbocycles. The van der Waals surface area contributed by atoms with Gasteiger partial charge in [-0.25, -0.2) is 14.5 Å². The second-order valence-corrected chi connectivity index (χ2v) is 6.01. The number of benzene rings is 2. The number of rotatable bonds is 6. The Morgan fingerprint density at radius 3 is 2.69 bits per heavy atom. The lowest BCUT2D eigenvalue weighted by Crippen LogP contribution is -2.17. The molecule has 0 saturated carbocycles. The lowest BCUT2D eigenvalue weighted by atomic mass is 10.1. The zero-order valence-corrected chi connectivity index (χ0v) is 15.5. The highest BCUT2D eigenvalue weighted by Gasteiger charge is 2.30. The van der Waals surface area contributed by atoms with Crippen LogP contribution in [0, 0.1) is 0 Å². The molecule has 7 nitrogen and oxygen atoms in total. The fourth-order valence-corrected chi connectivity index (χ4v) is 2.65. The first kappa shape index (κ1) is 20.2. The molecule has 0 aliphatic heterocycles. The number of hydrogen-bond acceptors (Lipinski definition) is 5. The molecule has 0 radical (unpaired) electrons. The maximum Gasteiger partial charge on any atom is 0.416 e. The van der Waals surface area contributed by atoms with Crippen molar-refractivity contribution in [3.63, 3.8) is 0 Å². The summed E-state index contributed by atoms with van der Waals surface area (Å²) in [6, 6.07) is 11.8. The summed E-state index contributed by atoms with van der Waals surface area (Å²) in [4.78, 5) is 17.4. The fraction of sp³-hybridized carbons (Fsp3) is 0.211. The standard InChI is InChI=1S/C19H17F3N4O3/c1-12(13-7-5-8-15(10-13)19(20,21)22)25-29-11-14-6-3-4-9-16(14)26-17(27)23-24-18(26)28-2/h3-10H,11H2,1-2H3,(H,23,27). The molecular formula is C19H17F3N4O3. The third kappa shape index (κ3) is 4.48. The third-order valence-electron chi connectivity index (χ3n) is 4.09. The van der Waals surface area contributed by atoms with Crippen molar-refractivity contribution in [1.29, 1.82) is 0 Å². The van der Waals surface area contributed by atoms with Gasteiger partial charge in [-0.1, -0.05) is 35.5 Å². The van der Waals surface area contributed by atoms with Crippen molar-refractivity contribution in [1.82, 2.24) is 14.8 Å². The van der Waals surface area contributed by atoms with E-state index >= 15 is 0 Å². The maximum atomic E-state index is 12.9. The van der Waals surface area contributed by atoms with E-state index in [0.717, 1.165) is 12.1 Å². The van der Waals surface area contributed by atoms with Crippen LogP contribution in [0.2, 0.25) is 0 Å². The summed E-state index contributed by atoms with van der Waals surface area (Å²) in [7, 11) is 1.38. The number of H-pyrrole nitrogens is 1. The number of halogens is 3. The van der Waals surface area contributed by atoms with E-state index in [-0.39, 0.29) is 18.3 Å². The van der Waals surface area contributed by atoms with Gasteiger partial charge < -0.3 is 9.57 Å². The number of nitrogens with one attached hydrogen (secondary N) is 1. The Bertz CT molecular complexity index is 1090. The highest BCUT2D eigenvalue weighted by atomic mass is 19.4. The fourth-order valence-electron chi connectivity index (χ4n) is 2.65. The number of para-hydroxylation sites is 1. The van der Waals surface area contributed by atoms with Crippen molar-refractivity contribution in [3.05, 3.63) is 75.7 Å². The van der Waals surface area contributed by atoms with Crippen LogP contribution in [0.15, 0.2) is 58.5 Å². The molecule has 1 heterocycles. The summed E-state index contributed by atoms with van der Waals surface area (Å²) < 4.78 is 44.9. The number of ether oxygens (including phenoxy) is 1. The monoisotopic (exact) mass is 406 g/mol. The molecule has 0 unspecified atom stereocenters. The lowest BCUT2D eigenvalue weighted by molar-refractivity contribution is -0.137. The summed E-state index contributed by atoms with van der Waals surface area (Å²) in [6.07, 6.45) is -4.44. The first-order valence-corrected chi connectivity index (χ1v) is 8.45. The van der Waals surface area contributed by atoms with Crippen molar-refractivity contribution < 1.29 is 22.7 Å². The van der Waals surface area contributed by atoms with Gasteiger partial charge >= 0.3 is 17.9 Å². The quantitative estimate of drug-likeness (QED) is 0.502. The van der Waals surface area contributed by atoms with Crippen molar-refractivity contribution >= 4 is 5.71 Å². The van der Waals surface area contributed by atoms with Crippen molar-refractivity contribution in [2.45, 2.75) is 19.7 Å². The molecule has 10 heteroatoms. The van der Waals surface area contributed by atoms with Crippen LogP contribution in [0.5, 0.6) is 6.01 Å². The first-order valence-electron chi connectivity index (χ1n) is 8.45. The van der Waals surface area contributed by atoms with Crippen LogP contribution in [-0.4, -0.2) is 27.6 Å². The van der Waals surface area contributed by atoms with E-state index in [4.69, 9.17) is 9.57 Å². The molecule has 0 aliphatic rings. The molecule has 29 heavy (non-hydrogen) atoms. The van der Waals surface area contributed by atoms with Gasteiger partial charge in [0.1, 0.15) is 6.61 Å². The summed E-state index contributed by atoms with van der Waals surface area (Å²) in [5, 5.41) is 9.98. The number of methoxy groups -OCH3 is 1. The van der Waals surface area contributed by atoms with Gasteiger partial charge in [0.2, 0.25) is 0 Å². The predicted octanol–water partition coefficient (Wildman–Crippen LogP) is 3.53. The van der Waals surface area contributed by atoms with Gasteiger partial charge in [0.25, 0.3) is 0 Å². The summed E-state index contributed by atoms with van der Waals surface area (Å²) in [5.41, 5.74) is 0.414. The van der Waals surface area contributed by atoms with Crippen LogP contribution in [0.3, 0.4) is 0 Å². The Balaban J connectivity index is 1.81. The summed E-state index contributed by atoms with van der Waals surface area (Å²) in [5.74, 6) is 0. The average Bonchev–Trinajstić information content (AvgIpc) is 3.08. The van der Waals surface area contributed by atoms with Crippen LogP contribution < -0.4 is 10.4 Å². The second-order valence-electron chi connectivity index (χ2n) is 6.01. The molecule has 0 atom stereocenters. The maximum absolute atomic E-state index is 12.9. The smallest absolute Gasteiger partial charge is 0.416 e.